The maximum Gasteiger partial charge on any atom is 0.325 e. The van der Waals surface area contributed by atoms with Crippen molar-refractivity contribution in [2.45, 2.75) is 57.0 Å². The van der Waals surface area contributed by atoms with E-state index < -0.39 is 11.6 Å². The molecule has 2 atom stereocenters. The number of likely N-dealkylation sites (tertiary alicyclic amines) is 1. The number of urea groups is 1. The van der Waals surface area contributed by atoms with E-state index in [0.717, 1.165) is 37.0 Å². The summed E-state index contributed by atoms with van der Waals surface area (Å²) in [5.41, 5.74) is 5.05. The summed E-state index contributed by atoms with van der Waals surface area (Å²) in [7, 11) is 0. The van der Waals surface area contributed by atoms with Crippen molar-refractivity contribution in [1.29, 1.82) is 0 Å². The van der Waals surface area contributed by atoms with Crippen LogP contribution in [0.4, 0.5) is 4.79 Å². The summed E-state index contributed by atoms with van der Waals surface area (Å²) < 4.78 is 0. The van der Waals surface area contributed by atoms with Crippen molar-refractivity contribution >= 4 is 17.8 Å². The Hall–Kier alpha value is -1.63. The first kappa shape index (κ1) is 16.2. The van der Waals surface area contributed by atoms with Gasteiger partial charge in [-0.05, 0) is 31.6 Å². The Morgan fingerprint density at radius 2 is 1.96 bits per heavy atom. The van der Waals surface area contributed by atoms with E-state index in [1.165, 1.54) is 0 Å². The van der Waals surface area contributed by atoms with Crippen molar-refractivity contribution in [3.05, 3.63) is 0 Å². The number of nitrogens with zero attached hydrogens (tertiary/aromatic N) is 2. The molecule has 0 aromatic rings. The first-order valence-corrected chi connectivity index (χ1v) is 8.61. The van der Waals surface area contributed by atoms with Crippen LogP contribution in [0.25, 0.3) is 0 Å². The predicted octanol–water partition coefficient (Wildman–Crippen LogP) is 0.437. The lowest BCUT2D eigenvalue weighted by atomic mass is 9.73. The smallest absolute Gasteiger partial charge is 0.325 e. The van der Waals surface area contributed by atoms with Crippen molar-refractivity contribution in [1.82, 2.24) is 15.1 Å². The summed E-state index contributed by atoms with van der Waals surface area (Å²) in [4.78, 5) is 40.3. The molecule has 0 aromatic carbocycles. The van der Waals surface area contributed by atoms with Gasteiger partial charge >= 0.3 is 6.03 Å². The molecule has 2 heterocycles. The summed E-state index contributed by atoms with van der Waals surface area (Å²) in [6.45, 7) is 3.06. The Morgan fingerprint density at radius 3 is 2.61 bits per heavy atom. The van der Waals surface area contributed by atoms with E-state index in [0.29, 0.717) is 19.5 Å². The Bertz CT molecular complexity index is 515. The van der Waals surface area contributed by atoms with Crippen LogP contribution in [0.3, 0.4) is 0 Å². The number of rotatable bonds is 2. The molecule has 1 saturated carbocycles. The highest BCUT2D eigenvalue weighted by Gasteiger charge is 2.55. The van der Waals surface area contributed by atoms with Crippen LogP contribution in [0.5, 0.6) is 0 Å². The fourth-order valence-corrected chi connectivity index (χ4v) is 4.02. The normalized spacial score (nSPS) is 32.5. The SMILES string of the molecule is CC1CCCCC12NC(=O)N(CC(=O)N1CCC(N)CC1)C2=O. The molecule has 2 unspecified atom stereocenters. The zero-order chi connectivity index (χ0) is 16.6. The summed E-state index contributed by atoms with van der Waals surface area (Å²) in [6, 6.07) is -0.284. The number of nitrogens with one attached hydrogen (secondary N) is 1. The molecule has 7 heteroatoms. The molecule has 3 fully saturated rings. The molecule has 4 amide bonds. The summed E-state index contributed by atoms with van der Waals surface area (Å²) >= 11 is 0. The molecule has 1 spiro atoms. The zero-order valence-corrected chi connectivity index (χ0v) is 13.7. The molecule has 3 rings (SSSR count). The number of carbonyl (C=O) groups excluding carboxylic acids is 3. The van der Waals surface area contributed by atoms with Gasteiger partial charge in [-0.3, -0.25) is 14.5 Å². The van der Waals surface area contributed by atoms with Gasteiger partial charge in [0.2, 0.25) is 5.91 Å². The fourth-order valence-electron chi connectivity index (χ4n) is 4.02. The standard InChI is InChI=1S/C16H26N4O3/c1-11-4-2-3-7-16(11)14(22)20(15(23)18-16)10-13(21)19-8-5-12(17)6-9-19/h11-12H,2-10,17H2,1H3,(H,18,23). The fraction of sp³-hybridized carbons (Fsp3) is 0.812. The Morgan fingerprint density at radius 1 is 1.26 bits per heavy atom. The van der Waals surface area contributed by atoms with Gasteiger partial charge in [-0.1, -0.05) is 19.8 Å². The van der Waals surface area contributed by atoms with Crippen LogP contribution in [0.1, 0.15) is 45.4 Å². The molecule has 0 bridgehead atoms. The molecule has 0 radical (unpaired) electrons. The molecule has 1 aliphatic carbocycles. The minimum atomic E-state index is -0.792. The molecule has 3 N–H and O–H groups in total. The van der Waals surface area contributed by atoms with Gasteiger partial charge in [0.25, 0.3) is 5.91 Å². The van der Waals surface area contributed by atoms with E-state index in [2.05, 4.69) is 5.32 Å². The summed E-state index contributed by atoms with van der Waals surface area (Å²) in [6.07, 6.45) is 5.15. The van der Waals surface area contributed by atoms with Crippen molar-refractivity contribution < 1.29 is 14.4 Å². The predicted molar refractivity (Wildman–Crippen MR) is 84.4 cm³/mol. The van der Waals surface area contributed by atoms with Crippen LogP contribution in [0, 0.1) is 5.92 Å². The lowest BCUT2D eigenvalue weighted by Gasteiger charge is -2.37. The van der Waals surface area contributed by atoms with Gasteiger partial charge in [0, 0.05) is 19.1 Å². The second kappa shape index (κ2) is 6.11. The third-order valence-corrected chi connectivity index (χ3v) is 5.69. The third kappa shape index (κ3) is 2.82. The van der Waals surface area contributed by atoms with Crippen LogP contribution < -0.4 is 11.1 Å². The number of hydrogen-bond acceptors (Lipinski definition) is 4. The van der Waals surface area contributed by atoms with Gasteiger partial charge < -0.3 is 16.0 Å². The van der Waals surface area contributed by atoms with Crippen LogP contribution in [0.2, 0.25) is 0 Å². The van der Waals surface area contributed by atoms with Crippen molar-refractivity contribution in [3.8, 4) is 0 Å². The van der Waals surface area contributed by atoms with E-state index in [9.17, 15) is 14.4 Å². The van der Waals surface area contributed by atoms with Gasteiger partial charge in [-0.25, -0.2) is 4.79 Å². The van der Waals surface area contributed by atoms with E-state index in [1.54, 1.807) is 4.90 Å². The average Bonchev–Trinajstić information content (AvgIpc) is 2.76. The molecule has 2 aliphatic heterocycles. The van der Waals surface area contributed by atoms with Gasteiger partial charge in [0.15, 0.2) is 0 Å². The minimum Gasteiger partial charge on any atom is -0.341 e. The molecular weight excluding hydrogens is 296 g/mol. The van der Waals surface area contributed by atoms with Gasteiger partial charge in [0.1, 0.15) is 12.1 Å². The molecular formula is C16H26N4O3. The lowest BCUT2D eigenvalue weighted by Crippen LogP contribution is -2.54. The van der Waals surface area contributed by atoms with Crippen molar-refractivity contribution in [2.75, 3.05) is 19.6 Å². The maximum absolute atomic E-state index is 12.8. The highest BCUT2D eigenvalue weighted by Crippen LogP contribution is 2.38. The number of carbonyl (C=O) groups is 3. The van der Waals surface area contributed by atoms with E-state index in [1.807, 2.05) is 6.92 Å². The minimum absolute atomic E-state index is 0.112. The van der Waals surface area contributed by atoms with Crippen LogP contribution in [0.15, 0.2) is 0 Å². The first-order valence-electron chi connectivity index (χ1n) is 8.61. The maximum atomic E-state index is 12.8. The van der Waals surface area contributed by atoms with E-state index >= 15 is 0 Å². The summed E-state index contributed by atoms with van der Waals surface area (Å²) in [5.74, 6) is -0.279. The molecule has 23 heavy (non-hydrogen) atoms. The highest BCUT2D eigenvalue weighted by atomic mass is 16.2. The van der Waals surface area contributed by atoms with E-state index in [4.69, 9.17) is 5.73 Å². The zero-order valence-electron chi connectivity index (χ0n) is 13.7. The molecule has 7 nitrogen and oxygen atoms in total. The molecule has 0 aromatic heterocycles. The third-order valence-electron chi connectivity index (χ3n) is 5.69. The Kier molecular flexibility index (Phi) is 4.31. The quantitative estimate of drug-likeness (QED) is 0.721. The number of imide groups is 1. The molecule has 3 aliphatic rings. The lowest BCUT2D eigenvalue weighted by molar-refractivity contribution is -0.141. The number of piperidine rings is 1. The molecule has 128 valence electrons. The average molecular weight is 322 g/mol. The second-order valence-electron chi connectivity index (χ2n) is 7.16. The first-order chi connectivity index (χ1) is 10.9. The van der Waals surface area contributed by atoms with Crippen LogP contribution in [-0.4, -0.2) is 58.9 Å². The highest BCUT2D eigenvalue weighted by molar-refractivity contribution is 6.09. The van der Waals surface area contributed by atoms with Crippen LogP contribution >= 0.6 is 0 Å². The Balaban J connectivity index is 1.67. The van der Waals surface area contributed by atoms with E-state index in [-0.39, 0.29) is 30.3 Å². The summed E-state index contributed by atoms with van der Waals surface area (Å²) in [5, 5.41) is 2.88. The Labute approximate surface area is 136 Å². The number of amides is 4. The van der Waals surface area contributed by atoms with Crippen molar-refractivity contribution in [3.63, 3.8) is 0 Å². The van der Waals surface area contributed by atoms with Crippen molar-refractivity contribution in [2.24, 2.45) is 11.7 Å². The second-order valence-corrected chi connectivity index (χ2v) is 7.16. The van der Waals surface area contributed by atoms with Crippen LogP contribution in [-0.2, 0) is 9.59 Å². The topological polar surface area (TPSA) is 95.7 Å². The largest absolute Gasteiger partial charge is 0.341 e. The van der Waals surface area contributed by atoms with Gasteiger partial charge in [-0.15, -0.1) is 0 Å². The van der Waals surface area contributed by atoms with Gasteiger partial charge in [0.05, 0.1) is 0 Å². The molecule has 2 saturated heterocycles. The number of hydrogen-bond donors (Lipinski definition) is 2. The monoisotopic (exact) mass is 322 g/mol. The number of nitrogens with two attached hydrogens (primary N) is 1. The van der Waals surface area contributed by atoms with Gasteiger partial charge in [-0.2, -0.15) is 0 Å².